The van der Waals surface area contributed by atoms with E-state index in [-0.39, 0.29) is 16.8 Å². The highest BCUT2D eigenvalue weighted by molar-refractivity contribution is 7.90. The van der Waals surface area contributed by atoms with Crippen LogP contribution in [-0.4, -0.2) is 80.2 Å². The van der Waals surface area contributed by atoms with Crippen molar-refractivity contribution in [2.24, 2.45) is 4.40 Å². The molecule has 3 aliphatic rings. The minimum Gasteiger partial charge on any atom is -0.343 e. The number of thiophene rings is 1. The molecule has 3 aliphatic heterocycles. The molecule has 0 saturated carbocycles. The average molecular weight is 459 g/mol. The zero-order valence-electron chi connectivity index (χ0n) is 17.3. The van der Waals surface area contributed by atoms with Crippen LogP contribution in [0.2, 0.25) is 0 Å². The largest absolute Gasteiger partial charge is 0.343 e. The van der Waals surface area contributed by atoms with Gasteiger partial charge < -0.3 is 9.80 Å². The monoisotopic (exact) mass is 458 g/mol. The van der Waals surface area contributed by atoms with Crippen molar-refractivity contribution in [2.45, 2.75) is 30.2 Å². The van der Waals surface area contributed by atoms with Gasteiger partial charge in [-0.3, -0.25) is 9.69 Å². The Hall–Kier alpha value is -2.23. The molecule has 2 aromatic rings. The van der Waals surface area contributed by atoms with Gasteiger partial charge in [-0.2, -0.15) is 8.42 Å². The maximum Gasteiger partial charge on any atom is 0.285 e. The Kier molecular flexibility index (Phi) is 5.58. The topological polar surface area (TPSA) is 73.3 Å². The number of carbonyl (C=O) groups is 1. The molecule has 1 amide bonds. The van der Waals surface area contributed by atoms with Crippen molar-refractivity contribution in [3.05, 3.63) is 52.2 Å². The number of benzene rings is 1. The molecule has 0 spiro atoms. The van der Waals surface area contributed by atoms with Gasteiger partial charge in [-0.05, 0) is 42.8 Å². The van der Waals surface area contributed by atoms with Crippen molar-refractivity contribution in [2.75, 3.05) is 39.3 Å². The fourth-order valence-corrected chi connectivity index (χ4v) is 6.61. The van der Waals surface area contributed by atoms with Crippen LogP contribution in [0, 0.1) is 0 Å². The van der Waals surface area contributed by atoms with Crippen LogP contribution in [-0.2, 0) is 21.2 Å². The first-order chi connectivity index (χ1) is 15.0. The van der Waals surface area contributed by atoms with Crippen molar-refractivity contribution in [1.29, 1.82) is 0 Å². The van der Waals surface area contributed by atoms with Crippen molar-refractivity contribution in [3.63, 3.8) is 0 Å². The molecule has 1 aromatic carbocycles. The molecular formula is C22H26N4O3S2. The molecule has 1 aromatic heterocycles. The van der Waals surface area contributed by atoms with E-state index < -0.39 is 10.0 Å². The number of amides is 1. The maximum atomic E-state index is 13.4. The number of amidine groups is 1. The van der Waals surface area contributed by atoms with E-state index in [1.807, 2.05) is 15.9 Å². The van der Waals surface area contributed by atoms with Gasteiger partial charge in [-0.25, -0.2) is 0 Å². The van der Waals surface area contributed by atoms with Crippen LogP contribution in [0.25, 0.3) is 0 Å². The molecule has 4 heterocycles. The Bertz CT molecular complexity index is 1090. The van der Waals surface area contributed by atoms with Gasteiger partial charge in [0.15, 0.2) is 5.84 Å². The van der Waals surface area contributed by atoms with Gasteiger partial charge in [0.1, 0.15) is 10.9 Å². The molecule has 2 saturated heterocycles. The van der Waals surface area contributed by atoms with Gasteiger partial charge in [-0.15, -0.1) is 15.7 Å². The molecule has 0 aliphatic carbocycles. The Labute approximate surface area is 187 Å². The van der Waals surface area contributed by atoms with Crippen molar-refractivity contribution < 1.29 is 13.2 Å². The van der Waals surface area contributed by atoms with Crippen LogP contribution < -0.4 is 0 Å². The predicted octanol–water partition coefficient (Wildman–Crippen LogP) is 2.05. The fraction of sp³-hybridized carbons (Fsp3) is 0.455. The highest BCUT2D eigenvalue weighted by Crippen LogP contribution is 2.31. The van der Waals surface area contributed by atoms with Crippen LogP contribution >= 0.6 is 11.3 Å². The summed E-state index contributed by atoms with van der Waals surface area (Å²) in [7, 11) is -3.68. The zero-order chi connectivity index (χ0) is 21.4. The van der Waals surface area contributed by atoms with Gasteiger partial charge in [0.2, 0.25) is 5.91 Å². The molecule has 0 N–H and O–H groups in total. The van der Waals surface area contributed by atoms with Crippen molar-refractivity contribution in [3.8, 4) is 0 Å². The molecule has 7 nitrogen and oxygen atoms in total. The molecule has 1 atom stereocenters. The zero-order valence-corrected chi connectivity index (χ0v) is 18.9. The lowest BCUT2D eigenvalue weighted by Gasteiger charge is -2.37. The maximum absolute atomic E-state index is 13.4. The van der Waals surface area contributed by atoms with Gasteiger partial charge in [0.05, 0.1) is 0 Å². The van der Waals surface area contributed by atoms with E-state index in [1.54, 1.807) is 29.5 Å². The minimum absolute atomic E-state index is 0.0971. The number of hydrogen-bond acceptors (Lipinski definition) is 6. The molecule has 2 fully saturated rings. The Morgan fingerprint density at radius 3 is 2.65 bits per heavy atom. The quantitative estimate of drug-likeness (QED) is 0.701. The molecular weight excluding hydrogens is 432 g/mol. The van der Waals surface area contributed by atoms with Crippen LogP contribution in [0.4, 0.5) is 0 Å². The molecule has 31 heavy (non-hydrogen) atoms. The number of hydrogen-bond donors (Lipinski definition) is 0. The summed E-state index contributed by atoms with van der Waals surface area (Å²) in [6, 6.07) is 10.8. The second-order valence-electron chi connectivity index (χ2n) is 8.23. The lowest BCUT2D eigenvalue weighted by atomic mass is 10.1. The van der Waals surface area contributed by atoms with Gasteiger partial charge >= 0.3 is 0 Å². The van der Waals surface area contributed by atoms with Gasteiger partial charge in [0.25, 0.3) is 10.0 Å². The first-order valence-electron chi connectivity index (χ1n) is 10.8. The van der Waals surface area contributed by atoms with E-state index in [2.05, 4.69) is 26.8 Å². The standard InChI is InChI=1S/C22H26N4O3S2/c27-22(25-14-12-24(13-15-25)11-9-17-5-4-16-30-17)19-7-3-10-26(19)21-18-6-1-2-8-20(18)31(28,29)23-21/h1-2,4-6,8,16,19H,3,7,9-15H2/t19-/m0/s1. The molecule has 0 radical (unpaired) electrons. The van der Waals surface area contributed by atoms with E-state index in [9.17, 15) is 13.2 Å². The molecule has 9 heteroatoms. The number of fused-ring (bicyclic) bond motifs is 1. The summed E-state index contributed by atoms with van der Waals surface area (Å²) in [6.45, 7) is 4.86. The molecule has 0 bridgehead atoms. The minimum atomic E-state index is -3.68. The summed E-state index contributed by atoms with van der Waals surface area (Å²) >= 11 is 1.79. The summed E-state index contributed by atoms with van der Waals surface area (Å²) in [5.41, 5.74) is 0.612. The lowest BCUT2D eigenvalue weighted by Crippen LogP contribution is -2.54. The van der Waals surface area contributed by atoms with E-state index in [0.717, 1.165) is 52.0 Å². The first-order valence-corrected chi connectivity index (χ1v) is 13.1. The van der Waals surface area contributed by atoms with E-state index in [4.69, 9.17) is 0 Å². The van der Waals surface area contributed by atoms with E-state index in [1.165, 1.54) is 4.88 Å². The third kappa shape index (κ3) is 4.02. The number of nitrogens with zero attached hydrogens (tertiary/aromatic N) is 4. The number of carbonyl (C=O) groups excluding carboxylic acids is 1. The van der Waals surface area contributed by atoms with Gasteiger partial charge in [0, 0.05) is 49.7 Å². The van der Waals surface area contributed by atoms with Crippen molar-refractivity contribution >= 4 is 33.1 Å². The van der Waals surface area contributed by atoms with Crippen LogP contribution in [0.15, 0.2) is 51.1 Å². The first kappa shape index (κ1) is 20.7. The summed E-state index contributed by atoms with van der Waals surface area (Å²) in [6.07, 6.45) is 2.65. The molecule has 164 valence electrons. The summed E-state index contributed by atoms with van der Waals surface area (Å²) in [4.78, 5) is 21.3. The summed E-state index contributed by atoms with van der Waals surface area (Å²) < 4.78 is 29.0. The Morgan fingerprint density at radius 2 is 1.87 bits per heavy atom. The van der Waals surface area contributed by atoms with E-state index >= 15 is 0 Å². The summed E-state index contributed by atoms with van der Waals surface area (Å²) in [5, 5.41) is 2.11. The second kappa shape index (κ2) is 8.37. The summed E-state index contributed by atoms with van der Waals surface area (Å²) in [5.74, 6) is 0.529. The van der Waals surface area contributed by atoms with E-state index in [0.29, 0.717) is 17.9 Å². The predicted molar refractivity (Wildman–Crippen MR) is 121 cm³/mol. The third-order valence-electron chi connectivity index (χ3n) is 6.36. The average Bonchev–Trinajstić information content (AvgIpc) is 3.52. The fourth-order valence-electron chi connectivity index (χ4n) is 4.70. The Balaban J connectivity index is 1.24. The number of piperazine rings is 1. The third-order valence-corrected chi connectivity index (χ3v) is 8.62. The van der Waals surface area contributed by atoms with Crippen LogP contribution in [0.5, 0.6) is 0 Å². The van der Waals surface area contributed by atoms with Gasteiger partial charge in [-0.1, -0.05) is 18.2 Å². The number of sulfonamides is 1. The molecule has 0 unspecified atom stereocenters. The lowest BCUT2D eigenvalue weighted by molar-refractivity contribution is -0.136. The SMILES string of the molecule is O=C([C@@H]1CCCN1C1=NS(=O)(=O)c2ccccc21)N1CCN(CCc2cccs2)CC1. The van der Waals surface area contributed by atoms with Crippen LogP contribution in [0.1, 0.15) is 23.3 Å². The van der Waals surface area contributed by atoms with Crippen molar-refractivity contribution in [1.82, 2.24) is 14.7 Å². The normalized spacial score (nSPS) is 23.1. The highest BCUT2D eigenvalue weighted by atomic mass is 32.2. The van der Waals surface area contributed by atoms with Crippen LogP contribution in [0.3, 0.4) is 0 Å². The molecule has 5 rings (SSSR count). The smallest absolute Gasteiger partial charge is 0.285 e. The number of rotatable bonds is 4. The number of likely N-dealkylation sites (tertiary alicyclic amines) is 1. The second-order valence-corrected chi connectivity index (χ2v) is 10.8. The Morgan fingerprint density at radius 1 is 1.06 bits per heavy atom. The highest BCUT2D eigenvalue weighted by Gasteiger charge is 2.40.